The SMILES string of the molecule is CC(C)S(=O)(=O)N1CC[C@H](N(Cc2ccccc2F)c2ccc(C#N)c(Cl)c2)C1. The predicted octanol–water partition coefficient (Wildman–Crippen LogP) is 4.17. The van der Waals surface area contributed by atoms with Crippen LogP contribution in [-0.4, -0.2) is 37.1 Å². The van der Waals surface area contributed by atoms with Crippen LogP contribution in [0.15, 0.2) is 42.5 Å². The van der Waals surface area contributed by atoms with Gasteiger partial charge < -0.3 is 4.90 Å². The zero-order valence-corrected chi connectivity index (χ0v) is 17.9. The highest BCUT2D eigenvalue weighted by Crippen LogP contribution is 2.31. The Balaban J connectivity index is 1.95. The summed E-state index contributed by atoms with van der Waals surface area (Å²) >= 11 is 6.23. The average molecular weight is 436 g/mol. The lowest BCUT2D eigenvalue weighted by atomic mass is 10.1. The van der Waals surface area contributed by atoms with Crippen molar-refractivity contribution in [3.8, 4) is 6.07 Å². The number of hydrogen-bond acceptors (Lipinski definition) is 4. The second kappa shape index (κ2) is 8.70. The van der Waals surface area contributed by atoms with Crippen molar-refractivity contribution in [1.29, 1.82) is 5.26 Å². The lowest BCUT2D eigenvalue weighted by Gasteiger charge is -2.32. The summed E-state index contributed by atoms with van der Waals surface area (Å²) < 4.78 is 41.0. The van der Waals surface area contributed by atoms with Gasteiger partial charge in [0.05, 0.1) is 15.8 Å². The molecule has 0 radical (unpaired) electrons. The molecule has 5 nitrogen and oxygen atoms in total. The lowest BCUT2D eigenvalue weighted by Crippen LogP contribution is -2.40. The van der Waals surface area contributed by atoms with Gasteiger partial charge in [-0.1, -0.05) is 29.8 Å². The van der Waals surface area contributed by atoms with E-state index in [1.165, 1.54) is 10.4 Å². The van der Waals surface area contributed by atoms with Gasteiger partial charge in [-0.25, -0.2) is 12.8 Å². The molecule has 1 fully saturated rings. The number of sulfonamides is 1. The van der Waals surface area contributed by atoms with Gasteiger partial charge in [0.1, 0.15) is 11.9 Å². The third kappa shape index (κ3) is 4.55. The summed E-state index contributed by atoms with van der Waals surface area (Å²) in [5.41, 5.74) is 1.60. The molecule has 0 aromatic heterocycles. The Hall–Kier alpha value is -2.14. The number of rotatable bonds is 6. The average Bonchev–Trinajstić information content (AvgIpc) is 3.18. The summed E-state index contributed by atoms with van der Waals surface area (Å²) in [4.78, 5) is 1.97. The van der Waals surface area contributed by atoms with Crippen LogP contribution in [0.2, 0.25) is 5.02 Å². The van der Waals surface area contributed by atoms with E-state index in [-0.39, 0.29) is 18.4 Å². The molecule has 0 spiro atoms. The van der Waals surface area contributed by atoms with Crippen LogP contribution >= 0.6 is 11.6 Å². The van der Waals surface area contributed by atoms with Gasteiger partial charge in [-0.3, -0.25) is 0 Å². The molecule has 1 aliphatic heterocycles. The highest BCUT2D eigenvalue weighted by molar-refractivity contribution is 7.89. The number of benzene rings is 2. The fourth-order valence-corrected chi connectivity index (χ4v) is 5.06. The molecule has 8 heteroatoms. The van der Waals surface area contributed by atoms with E-state index >= 15 is 0 Å². The Kier molecular flexibility index (Phi) is 6.47. The Morgan fingerprint density at radius 2 is 2.03 bits per heavy atom. The summed E-state index contributed by atoms with van der Waals surface area (Å²) in [5, 5.41) is 8.95. The molecule has 2 aromatic rings. The van der Waals surface area contributed by atoms with Gasteiger partial charge in [0.2, 0.25) is 10.0 Å². The van der Waals surface area contributed by atoms with Crippen molar-refractivity contribution in [2.24, 2.45) is 0 Å². The molecule has 154 valence electrons. The Labute approximate surface area is 176 Å². The maximum Gasteiger partial charge on any atom is 0.216 e. The number of halogens is 2. The summed E-state index contributed by atoms with van der Waals surface area (Å²) in [7, 11) is -3.36. The van der Waals surface area contributed by atoms with Crippen molar-refractivity contribution < 1.29 is 12.8 Å². The topological polar surface area (TPSA) is 64.4 Å². The molecule has 29 heavy (non-hydrogen) atoms. The Bertz CT molecular complexity index is 1040. The minimum atomic E-state index is -3.36. The highest BCUT2D eigenvalue weighted by atomic mass is 35.5. The number of nitrogens with zero attached hydrogens (tertiary/aromatic N) is 3. The smallest absolute Gasteiger partial charge is 0.216 e. The van der Waals surface area contributed by atoms with Crippen molar-refractivity contribution in [1.82, 2.24) is 4.31 Å². The predicted molar refractivity (Wildman–Crippen MR) is 113 cm³/mol. The van der Waals surface area contributed by atoms with Crippen LogP contribution in [0.25, 0.3) is 0 Å². The first-order valence-corrected chi connectivity index (χ1v) is 11.3. The molecule has 2 aromatic carbocycles. The fraction of sp³-hybridized carbons (Fsp3) is 0.381. The van der Waals surface area contributed by atoms with Crippen molar-refractivity contribution in [2.45, 2.75) is 38.1 Å². The van der Waals surface area contributed by atoms with Crippen molar-refractivity contribution in [2.75, 3.05) is 18.0 Å². The zero-order valence-electron chi connectivity index (χ0n) is 16.3. The molecule has 1 saturated heterocycles. The Morgan fingerprint density at radius 1 is 1.31 bits per heavy atom. The first kappa shape index (κ1) is 21.6. The van der Waals surface area contributed by atoms with Gasteiger partial charge >= 0.3 is 0 Å². The summed E-state index contributed by atoms with van der Waals surface area (Å²) in [6, 6.07) is 13.5. The van der Waals surface area contributed by atoms with E-state index in [1.807, 2.05) is 11.0 Å². The Morgan fingerprint density at radius 3 is 2.66 bits per heavy atom. The maximum atomic E-state index is 14.3. The van der Waals surface area contributed by atoms with Gasteiger partial charge in [0.15, 0.2) is 0 Å². The number of nitriles is 1. The van der Waals surface area contributed by atoms with Crippen LogP contribution in [0, 0.1) is 17.1 Å². The summed E-state index contributed by atoms with van der Waals surface area (Å²) in [6.07, 6.45) is 0.623. The molecule has 0 saturated carbocycles. The third-order valence-corrected chi connectivity index (χ3v) is 7.78. The van der Waals surface area contributed by atoms with Crippen LogP contribution in [-0.2, 0) is 16.6 Å². The monoisotopic (exact) mass is 435 g/mol. The quantitative estimate of drug-likeness (QED) is 0.683. The maximum absolute atomic E-state index is 14.3. The van der Waals surface area contributed by atoms with Crippen molar-refractivity contribution in [3.05, 3.63) is 64.4 Å². The summed E-state index contributed by atoms with van der Waals surface area (Å²) in [5.74, 6) is -0.318. The lowest BCUT2D eigenvalue weighted by molar-refractivity contribution is 0.461. The van der Waals surface area contributed by atoms with E-state index in [2.05, 4.69) is 0 Å². The molecule has 3 rings (SSSR count). The largest absolute Gasteiger partial charge is 0.363 e. The second-order valence-electron chi connectivity index (χ2n) is 7.39. The van der Waals surface area contributed by atoms with Crippen LogP contribution < -0.4 is 4.90 Å². The molecule has 1 heterocycles. The van der Waals surface area contributed by atoms with E-state index < -0.39 is 15.3 Å². The first-order valence-electron chi connectivity index (χ1n) is 9.42. The van der Waals surface area contributed by atoms with E-state index in [1.54, 1.807) is 50.2 Å². The van der Waals surface area contributed by atoms with Crippen LogP contribution in [0.3, 0.4) is 0 Å². The van der Waals surface area contributed by atoms with Crippen molar-refractivity contribution >= 4 is 27.3 Å². The molecule has 0 amide bonds. The normalized spacial score (nSPS) is 17.4. The molecule has 0 unspecified atom stereocenters. The molecule has 0 aliphatic carbocycles. The van der Waals surface area contributed by atoms with E-state index in [0.717, 1.165) is 5.69 Å². The van der Waals surface area contributed by atoms with Gasteiger partial charge in [-0.05, 0) is 44.5 Å². The minimum absolute atomic E-state index is 0.132. The molecular formula is C21H23ClFN3O2S. The van der Waals surface area contributed by atoms with Crippen LogP contribution in [0.4, 0.5) is 10.1 Å². The van der Waals surface area contributed by atoms with E-state index in [4.69, 9.17) is 16.9 Å². The molecule has 1 atom stereocenters. The van der Waals surface area contributed by atoms with Gasteiger partial charge in [0.25, 0.3) is 0 Å². The molecule has 0 bridgehead atoms. The highest BCUT2D eigenvalue weighted by Gasteiger charge is 2.36. The van der Waals surface area contributed by atoms with Crippen LogP contribution in [0.5, 0.6) is 0 Å². The minimum Gasteiger partial charge on any atom is -0.363 e. The first-order chi connectivity index (χ1) is 13.7. The van der Waals surface area contributed by atoms with Gasteiger partial charge in [-0.2, -0.15) is 9.57 Å². The molecule has 1 aliphatic rings. The molecule has 0 N–H and O–H groups in total. The zero-order chi connectivity index (χ0) is 21.2. The van der Waals surface area contributed by atoms with Crippen molar-refractivity contribution in [3.63, 3.8) is 0 Å². The van der Waals surface area contributed by atoms with Gasteiger partial charge in [-0.15, -0.1) is 0 Å². The molecular weight excluding hydrogens is 413 g/mol. The summed E-state index contributed by atoms with van der Waals surface area (Å²) in [6.45, 7) is 4.35. The van der Waals surface area contributed by atoms with Gasteiger partial charge in [0, 0.05) is 36.9 Å². The fourth-order valence-electron chi connectivity index (χ4n) is 3.51. The number of hydrogen-bond donors (Lipinski definition) is 0. The van der Waals surface area contributed by atoms with E-state index in [9.17, 15) is 12.8 Å². The number of anilines is 1. The third-order valence-electron chi connectivity index (χ3n) is 5.23. The standard InChI is InChI=1S/C21H23ClFN3O2S/c1-15(2)29(27,28)25-10-9-19(14-25)26(13-17-5-3-4-6-21(17)23)18-8-7-16(12-24)20(22)11-18/h3-8,11,15,19H,9-10,13-14H2,1-2H3/t19-/m0/s1. The van der Waals surface area contributed by atoms with E-state index in [0.29, 0.717) is 35.7 Å². The second-order valence-corrected chi connectivity index (χ2v) is 10.3. The van der Waals surface area contributed by atoms with Crippen LogP contribution in [0.1, 0.15) is 31.4 Å².